The van der Waals surface area contributed by atoms with Crippen LogP contribution >= 0.6 is 0 Å². The summed E-state index contributed by atoms with van der Waals surface area (Å²) >= 11 is 0. The minimum absolute atomic E-state index is 0.00236. The van der Waals surface area contributed by atoms with Gasteiger partial charge >= 0.3 is 0 Å². The maximum atomic E-state index is 12.6. The number of carbonyl (C=O) groups excluding carboxylic acids is 1. The van der Waals surface area contributed by atoms with Crippen LogP contribution < -0.4 is 5.32 Å². The molecule has 6 heteroatoms. The molecule has 0 radical (unpaired) electrons. The van der Waals surface area contributed by atoms with Crippen molar-refractivity contribution in [1.29, 1.82) is 0 Å². The fourth-order valence-corrected chi connectivity index (χ4v) is 3.09. The fraction of sp³-hybridized carbons (Fsp3) is 0.250. The predicted octanol–water partition coefficient (Wildman–Crippen LogP) is 3.20. The minimum atomic E-state index is -0.352. The summed E-state index contributed by atoms with van der Waals surface area (Å²) < 4.78 is 1.72. The first-order valence-electron chi connectivity index (χ1n) is 8.69. The van der Waals surface area contributed by atoms with E-state index in [-0.39, 0.29) is 18.1 Å². The molecule has 6 nitrogen and oxygen atoms in total. The van der Waals surface area contributed by atoms with Crippen LogP contribution in [0.2, 0.25) is 0 Å². The number of nitrogens with zero attached hydrogens (tertiary/aromatic N) is 3. The molecule has 1 aliphatic rings. The first kappa shape index (κ1) is 16.5. The quantitative estimate of drug-likeness (QED) is 0.759. The Morgan fingerprint density at radius 3 is 2.69 bits per heavy atom. The van der Waals surface area contributed by atoms with Gasteiger partial charge in [0.2, 0.25) is 0 Å². The second-order valence-electron chi connectivity index (χ2n) is 6.65. The molecule has 2 N–H and O–H groups in total. The van der Waals surface area contributed by atoms with Gasteiger partial charge in [0, 0.05) is 16.8 Å². The molecule has 26 heavy (non-hydrogen) atoms. The first-order chi connectivity index (χ1) is 12.6. The normalized spacial score (nSPS) is 19.0. The first-order valence-corrected chi connectivity index (χ1v) is 8.69. The zero-order valence-electron chi connectivity index (χ0n) is 14.5. The van der Waals surface area contributed by atoms with Crippen molar-refractivity contribution in [2.75, 3.05) is 5.32 Å². The number of aryl methyl sites for hydroxylation is 1. The third-order valence-corrected chi connectivity index (χ3v) is 4.86. The number of aliphatic hydroxyl groups excluding tert-OH is 1. The molecule has 2 aromatic carbocycles. The van der Waals surface area contributed by atoms with Gasteiger partial charge in [0.15, 0.2) is 0 Å². The molecule has 4 rings (SSSR count). The standard InChI is InChI=1S/C20H20N4O2/c1-13-7-8-14(17-12-24(23-22-17)18-9-10-19(18)25)11-16(13)20(26)21-15-5-3-2-4-6-15/h2-8,11-12,18-19,25H,9-10H2,1H3,(H,21,26)/t18-,19-/m1/s1. The van der Waals surface area contributed by atoms with Crippen molar-refractivity contribution in [3.8, 4) is 11.3 Å². The highest BCUT2D eigenvalue weighted by molar-refractivity contribution is 6.05. The topological polar surface area (TPSA) is 80.0 Å². The van der Waals surface area contributed by atoms with Crippen molar-refractivity contribution in [2.24, 2.45) is 0 Å². The minimum Gasteiger partial charge on any atom is -0.391 e. The number of hydrogen-bond acceptors (Lipinski definition) is 4. The lowest BCUT2D eigenvalue weighted by atomic mass is 9.89. The summed E-state index contributed by atoms with van der Waals surface area (Å²) in [6, 6.07) is 15.1. The number of benzene rings is 2. The highest BCUT2D eigenvalue weighted by Gasteiger charge is 2.31. The van der Waals surface area contributed by atoms with Crippen LogP contribution in [0.25, 0.3) is 11.3 Å². The van der Waals surface area contributed by atoms with E-state index in [9.17, 15) is 9.90 Å². The number of aliphatic hydroxyl groups is 1. The SMILES string of the molecule is Cc1ccc(-c2cn([C@@H]3CC[C@H]3O)nn2)cc1C(=O)Nc1ccccc1. The van der Waals surface area contributed by atoms with E-state index in [0.717, 1.165) is 29.7 Å². The molecule has 0 saturated heterocycles. The highest BCUT2D eigenvalue weighted by Crippen LogP contribution is 2.32. The Bertz CT molecular complexity index is 936. The van der Waals surface area contributed by atoms with Crippen LogP contribution in [-0.4, -0.2) is 32.1 Å². The zero-order valence-corrected chi connectivity index (χ0v) is 14.5. The molecule has 1 fully saturated rings. The summed E-state index contributed by atoms with van der Waals surface area (Å²) in [5.41, 5.74) is 3.77. The van der Waals surface area contributed by atoms with Crippen LogP contribution in [0.15, 0.2) is 54.7 Å². The van der Waals surface area contributed by atoms with Crippen molar-refractivity contribution in [3.63, 3.8) is 0 Å². The van der Waals surface area contributed by atoms with Crippen molar-refractivity contribution >= 4 is 11.6 Å². The van der Waals surface area contributed by atoms with Gasteiger partial charge < -0.3 is 10.4 Å². The number of rotatable bonds is 4. The van der Waals surface area contributed by atoms with E-state index in [0.29, 0.717) is 11.3 Å². The summed E-state index contributed by atoms with van der Waals surface area (Å²) in [4.78, 5) is 12.6. The molecule has 2 atom stereocenters. The fourth-order valence-electron chi connectivity index (χ4n) is 3.09. The maximum absolute atomic E-state index is 12.6. The molecule has 3 aromatic rings. The molecule has 132 valence electrons. The molecule has 0 bridgehead atoms. The predicted molar refractivity (Wildman–Crippen MR) is 98.9 cm³/mol. The summed E-state index contributed by atoms with van der Waals surface area (Å²) in [6.07, 6.45) is 3.18. The van der Waals surface area contributed by atoms with Gasteiger partial charge in [0.05, 0.1) is 18.3 Å². The van der Waals surface area contributed by atoms with Crippen molar-refractivity contribution in [1.82, 2.24) is 15.0 Å². The smallest absolute Gasteiger partial charge is 0.255 e. The molecule has 1 heterocycles. The van der Waals surface area contributed by atoms with Crippen molar-refractivity contribution in [3.05, 3.63) is 65.9 Å². The van der Waals surface area contributed by atoms with Crippen LogP contribution in [0.4, 0.5) is 5.69 Å². The average Bonchev–Trinajstić information content (AvgIpc) is 3.10. The van der Waals surface area contributed by atoms with E-state index >= 15 is 0 Å². The number of hydrogen-bond donors (Lipinski definition) is 2. The average molecular weight is 348 g/mol. The third-order valence-electron chi connectivity index (χ3n) is 4.86. The number of nitrogens with one attached hydrogen (secondary N) is 1. The van der Waals surface area contributed by atoms with Gasteiger partial charge in [0.1, 0.15) is 5.69 Å². The van der Waals surface area contributed by atoms with Crippen LogP contribution in [0, 0.1) is 6.92 Å². The Hall–Kier alpha value is -2.99. The van der Waals surface area contributed by atoms with Gasteiger partial charge in [-0.15, -0.1) is 5.10 Å². The van der Waals surface area contributed by atoms with Crippen LogP contribution in [0.3, 0.4) is 0 Å². The molecule has 1 saturated carbocycles. The van der Waals surface area contributed by atoms with Gasteiger partial charge in [0.25, 0.3) is 5.91 Å². The molecule has 1 aliphatic carbocycles. The van der Waals surface area contributed by atoms with E-state index in [1.807, 2.05) is 61.7 Å². The number of amides is 1. The second-order valence-corrected chi connectivity index (χ2v) is 6.65. The highest BCUT2D eigenvalue weighted by atomic mass is 16.3. The van der Waals surface area contributed by atoms with Crippen LogP contribution in [0.5, 0.6) is 0 Å². The summed E-state index contributed by atoms with van der Waals surface area (Å²) in [5.74, 6) is -0.155. The molecule has 0 spiro atoms. The van der Waals surface area contributed by atoms with Crippen LogP contribution in [-0.2, 0) is 0 Å². The Balaban J connectivity index is 1.59. The lowest BCUT2D eigenvalue weighted by Crippen LogP contribution is -2.33. The van der Waals surface area contributed by atoms with E-state index in [4.69, 9.17) is 0 Å². The van der Waals surface area contributed by atoms with E-state index in [1.54, 1.807) is 4.68 Å². The van der Waals surface area contributed by atoms with Gasteiger partial charge in [-0.25, -0.2) is 4.68 Å². The molecule has 0 unspecified atom stereocenters. The Morgan fingerprint density at radius 1 is 1.19 bits per heavy atom. The largest absolute Gasteiger partial charge is 0.391 e. The Labute approximate surface area is 151 Å². The van der Waals surface area contributed by atoms with E-state index in [1.165, 1.54) is 0 Å². The monoisotopic (exact) mass is 348 g/mol. The van der Waals surface area contributed by atoms with E-state index in [2.05, 4.69) is 15.6 Å². The van der Waals surface area contributed by atoms with Crippen molar-refractivity contribution in [2.45, 2.75) is 31.9 Å². The van der Waals surface area contributed by atoms with Gasteiger partial charge in [-0.1, -0.05) is 35.5 Å². The van der Waals surface area contributed by atoms with Gasteiger partial charge in [-0.2, -0.15) is 0 Å². The van der Waals surface area contributed by atoms with Crippen molar-refractivity contribution < 1.29 is 9.90 Å². The number of aromatic nitrogens is 3. The lowest BCUT2D eigenvalue weighted by Gasteiger charge is -2.31. The third kappa shape index (κ3) is 3.11. The Morgan fingerprint density at radius 2 is 2.00 bits per heavy atom. The molecule has 1 amide bonds. The molecule has 0 aliphatic heterocycles. The number of para-hydroxylation sites is 1. The number of carbonyl (C=O) groups is 1. The van der Waals surface area contributed by atoms with Gasteiger partial charge in [-0.05, 0) is 43.5 Å². The summed E-state index contributed by atoms with van der Waals surface area (Å²) in [7, 11) is 0. The number of anilines is 1. The van der Waals surface area contributed by atoms with Gasteiger partial charge in [-0.3, -0.25) is 4.79 Å². The lowest BCUT2D eigenvalue weighted by molar-refractivity contribution is 0.0244. The molecule has 1 aromatic heterocycles. The second kappa shape index (κ2) is 6.72. The maximum Gasteiger partial charge on any atom is 0.255 e. The summed E-state index contributed by atoms with van der Waals surface area (Å²) in [5, 5.41) is 21.0. The molecular formula is C20H20N4O2. The summed E-state index contributed by atoms with van der Waals surface area (Å²) in [6.45, 7) is 1.91. The van der Waals surface area contributed by atoms with Crippen LogP contribution in [0.1, 0.15) is 34.8 Å². The van der Waals surface area contributed by atoms with E-state index < -0.39 is 0 Å². The Kier molecular flexibility index (Phi) is 4.26. The zero-order chi connectivity index (χ0) is 18.1. The molecular weight excluding hydrogens is 328 g/mol.